The van der Waals surface area contributed by atoms with Crippen molar-refractivity contribution in [2.75, 3.05) is 19.3 Å². The molecule has 0 atom stereocenters. The van der Waals surface area contributed by atoms with E-state index in [0.717, 1.165) is 24.9 Å². The third kappa shape index (κ3) is 4.09. The Hall–Kier alpha value is -2.29. The van der Waals surface area contributed by atoms with Crippen molar-refractivity contribution in [3.63, 3.8) is 0 Å². The van der Waals surface area contributed by atoms with Crippen LogP contribution < -0.4 is 5.73 Å². The molecule has 2 rings (SSSR count). The summed E-state index contributed by atoms with van der Waals surface area (Å²) in [5, 5.41) is 0. The first kappa shape index (κ1) is 15.1. The van der Waals surface area contributed by atoms with Gasteiger partial charge in [-0.15, -0.1) is 0 Å². The van der Waals surface area contributed by atoms with Crippen LogP contribution in [0.4, 0.5) is 5.69 Å². The van der Waals surface area contributed by atoms with E-state index in [0.29, 0.717) is 11.3 Å². The van der Waals surface area contributed by atoms with Crippen LogP contribution >= 0.6 is 0 Å². The first-order valence-corrected chi connectivity index (χ1v) is 7.23. The number of nitrogens with two attached hydrogens (primary N) is 1. The van der Waals surface area contributed by atoms with Gasteiger partial charge in [0.05, 0.1) is 5.56 Å². The lowest BCUT2D eigenvalue weighted by Crippen LogP contribution is -2.28. The van der Waals surface area contributed by atoms with Crippen LogP contribution in [0.5, 0.6) is 0 Å². The molecular weight excluding hydrogens is 260 g/mol. The zero-order valence-corrected chi connectivity index (χ0v) is 12.7. The third-order valence-electron chi connectivity index (χ3n) is 3.59. The van der Waals surface area contributed by atoms with Gasteiger partial charge in [0, 0.05) is 19.3 Å². The first-order valence-electron chi connectivity index (χ1n) is 7.23. The van der Waals surface area contributed by atoms with Gasteiger partial charge >= 0.3 is 0 Å². The van der Waals surface area contributed by atoms with E-state index in [4.69, 9.17) is 5.73 Å². The summed E-state index contributed by atoms with van der Waals surface area (Å²) in [6.07, 6.45) is 1.92. The Labute approximate surface area is 126 Å². The van der Waals surface area contributed by atoms with Gasteiger partial charge in [-0.05, 0) is 37.5 Å². The number of nitrogens with zero attached hydrogens (tertiary/aromatic N) is 1. The Morgan fingerprint density at radius 1 is 1.14 bits per heavy atom. The summed E-state index contributed by atoms with van der Waals surface area (Å²) in [5.41, 5.74) is 9.38. The summed E-state index contributed by atoms with van der Waals surface area (Å²) < 4.78 is 0. The van der Waals surface area contributed by atoms with Gasteiger partial charge in [0.2, 0.25) is 0 Å². The zero-order valence-electron chi connectivity index (χ0n) is 12.7. The minimum Gasteiger partial charge on any atom is -0.398 e. The van der Waals surface area contributed by atoms with Gasteiger partial charge in [0.1, 0.15) is 0 Å². The smallest absolute Gasteiger partial charge is 0.255 e. The predicted molar refractivity (Wildman–Crippen MR) is 87.3 cm³/mol. The van der Waals surface area contributed by atoms with E-state index >= 15 is 0 Å². The van der Waals surface area contributed by atoms with Gasteiger partial charge in [0.25, 0.3) is 5.91 Å². The van der Waals surface area contributed by atoms with Crippen LogP contribution in [0.2, 0.25) is 0 Å². The third-order valence-corrected chi connectivity index (χ3v) is 3.59. The molecule has 0 spiro atoms. The topological polar surface area (TPSA) is 46.3 Å². The Bertz CT molecular complexity index is 608. The molecule has 1 amide bonds. The van der Waals surface area contributed by atoms with E-state index < -0.39 is 0 Å². The minimum atomic E-state index is -0.00994. The lowest BCUT2D eigenvalue weighted by Gasteiger charge is -2.18. The Morgan fingerprint density at radius 2 is 1.86 bits per heavy atom. The average Bonchev–Trinajstić information content (AvgIpc) is 2.50. The fraction of sp³-hybridized carbons (Fsp3) is 0.278. The van der Waals surface area contributed by atoms with Gasteiger partial charge in [-0.3, -0.25) is 4.79 Å². The Balaban J connectivity index is 1.92. The summed E-state index contributed by atoms with van der Waals surface area (Å²) >= 11 is 0. The van der Waals surface area contributed by atoms with Crippen molar-refractivity contribution >= 4 is 11.6 Å². The van der Waals surface area contributed by atoms with Crippen molar-refractivity contribution in [3.05, 3.63) is 65.2 Å². The van der Waals surface area contributed by atoms with Crippen molar-refractivity contribution in [1.82, 2.24) is 4.90 Å². The zero-order chi connectivity index (χ0) is 15.2. The Morgan fingerprint density at radius 3 is 2.57 bits per heavy atom. The fourth-order valence-electron chi connectivity index (χ4n) is 2.33. The minimum absolute atomic E-state index is 0.00994. The van der Waals surface area contributed by atoms with E-state index in [1.807, 2.05) is 44.3 Å². The highest BCUT2D eigenvalue weighted by Gasteiger charge is 2.14. The molecule has 21 heavy (non-hydrogen) atoms. The molecule has 0 aliphatic carbocycles. The largest absolute Gasteiger partial charge is 0.398 e. The highest BCUT2D eigenvalue weighted by Crippen LogP contribution is 2.16. The van der Waals surface area contributed by atoms with E-state index in [1.54, 1.807) is 11.0 Å². The molecule has 0 aliphatic heterocycles. The molecular formula is C18H22N2O. The summed E-state index contributed by atoms with van der Waals surface area (Å²) in [5.74, 6) is -0.00994. The molecule has 0 unspecified atom stereocenters. The molecule has 0 aromatic heterocycles. The summed E-state index contributed by atoms with van der Waals surface area (Å²) in [6.45, 7) is 2.69. The van der Waals surface area contributed by atoms with Crippen LogP contribution in [0, 0.1) is 6.92 Å². The van der Waals surface area contributed by atoms with Crippen LogP contribution in [0.1, 0.15) is 27.9 Å². The van der Waals surface area contributed by atoms with Gasteiger partial charge in [0.15, 0.2) is 0 Å². The van der Waals surface area contributed by atoms with Gasteiger partial charge in [-0.2, -0.15) is 0 Å². The number of rotatable bonds is 5. The maximum absolute atomic E-state index is 12.4. The number of aryl methyl sites for hydroxylation is 2. The highest BCUT2D eigenvalue weighted by molar-refractivity contribution is 5.99. The normalized spacial score (nSPS) is 10.4. The molecule has 2 aromatic rings. The molecule has 0 fully saturated rings. The van der Waals surface area contributed by atoms with Crippen LogP contribution in [-0.4, -0.2) is 24.4 Å². The van der Waals surface area contributed by atoms with E-state index in [1.165, 1.54) is 5.56 Å². The fourth-order valence-corrected chi connectivity index (χ4v) is 2.33. The number of anilines is 1. The van der Waals surface area contributed by atoms with Crippen molar-refractivity contribution in [2.24, 2.45) is 0 Å². The maximum Gasteiger partial charge on any atom is 0.255 e. The second-order valence-corrected chi connectivity index (χ2v) is 5.41. The number of hydrogen-bond donors (Lipinski definition) is 1. The quantitative estimate of drug-likeness (QED) is 0.855. The van der Waals surface area contributed by atoms with Gasteiger partial charge < -0.3 is 10.6 Å². The molecule has 110 valence electrons. The molecule has 3 nitrogen and oxygen atoms in total. The first-order chi connectivity index (χ1) is 10.1. The molecule has 0 saturated heterocycles. The average molecular weight is 282 g/mol. The molecule has 2 aromatic carbocycles. The molecule has 2 N–H and O–H groups in total. The van der Waals surface area contributed by atoms with Gasteiger partial charge in [-0.25, -0.2) is 0 Å². The summed E-state index contributed by atoms with van der Waals surface area (Å²) in [4.78, 5) is 14.2. The molecule has 0 saturated carbocycles. The second kappa shape index (κ2) is 6.93. The lowest BCUT2D eigenvalue weighted by atomic mass is 10.1. The molecule has 0 radical (unpaired) electrons. The van der Waals surface area contributed by atoms with Gasteiger partial charge in [-0.1, -0.05) is 42.0 Å². The van der Waals surface area contributed by atoms with E-state index in [2.05, 4.69) is 12.1 Å². The monoisotopic (exact) mass is 282 g/mol. The maximum atomic E-state index is 12.4. The molecule has 0 bridgehead atoms. The van der Waals surface area contributed by atoms with Crippen LogP contribution in [0.3, 0.4) is 0 Å². The van der Waals surface area contributed by atoms with Crippen molar-refractivity contribution in [3.8, 4) is 0 Å². The number of benzene rings is 2. The number of carbonyl (C=O) groups excluding carboxylic acids is 1. The Kier molecular flexibility index (Phi) is 4.99. The molecule has 0 aliphatic rings. The number of hydrogen-bond acceptors (Lipinski definition) is 2. The molecule has 3 heteroatoms. The number of nitrogen functional groups attached to an aromatic ring is 1. The summed E-state index contributed by atoms with van der Waals surface area (Å²) in [6, 6.07) is 15.9. The predicted octanol–water partition coefficient (Wildman–Crippen LogP) is 3.28. The van der Waals surface area contributed by atoms with Crippen molar-refractivity contribution < 1.29 is 4.79 Å². The lowest BCUT2D eigenvalue weighted by molar-refractivity contribution is 0.0794. The number of carbonyl (C=O) groups is 1. The number of amides is 1. The van der Waals surface area contributed by atoms with Crippen molar-refractivity contribution in [1.29, 1.82) is 0 Å². The highest BCUT2D eigenvalue weighted by atomic mass is 16.2. The van der Waals surface area contributed by atoms with Crippen LogP contribution in [-0.2, 0) is 6.42 Å². The van der Waals surface area contributed by atoms with Crippen molar-refractivity contribution in [2.45, 2.75) is 19.8 Å². The SMILES string of the molecule is Cc1ccc(N)c(C(=O)N(C)CCCc2ccccc2)c1. The van der Waals surface area contributed by atoms with Crippen LogP contribution in [0.15, 0.2) is 48.5 Å². The van der Waals surface area contributed by atoms with Crippen LogP contribution in [0.25, 0.3) is 0 Å². The standard InChI is InChI=1S/C18H22N2O/c1-14-10-11-17(19)16(13-14)18(21)20(2)12-6-9-15-7-4-3-5-8-15/h3-5,7-8,10-11,13H,6,9,12,19H2,1-2H3. The molecule has 0 heterocycles. The van der Waals surface area contributed by atoms with E-state index in [9.17, 15) is 4.79 Å². The van der Waals surface area contributed by atoms with E-state index in [-0.39, 0.29) is 5.91 Å². The summed E-state index contributed by atoms with van der Waals surface area (Å²) in [7, 11) is 1.83. The second-order valence-electron chi connectivity index (χ2n) is 5.41.